The van der Waals surface area contributed by atoms with Gasteiger partial charge in [0.25, 0.3) is 0 Å². The molecule has 0 bridgehead atoms. The largest absolute Gasteiger partial charge is 0.395 e. The van der Waals surface area contributed by atoms with Crippen LogP contribution in [0.4, 0.5) is 5.13 Å². The first-order valence-electron chi connectivity index (χ1n) is 8.73. The van der Waals surface area contributed by atoms with Crippen LogP contribution in [-0.2, 0) is 6.42 Å². The second kappa shape index (κ2) is 8.10. The number of hydrogen-bond donors (Lipinski definition) is 2. The summed E-state index contributed by atoms with van der Waals surface area (Å²) in [6.45, 7) is 6.41. The smallest absolute Gasteiger partial charge is 0.185 e. The third kappa shape index (κ3) is 4.56. The van der Waals surface area contributed by atoms with Crippen LogP contribution in [0.25, 0.3) is 0 Å². The summed E-state index contributed by atoms with van der Waals surface area (Å²) in [6.07, 6.45) is 3.08. The second-order valence-electron chi connectivity index (χ2n) is 6.77. The van der Waals surface area contributed by atoms with E-state index in [0.717, 1.165) is 43.2 Å². The van der Waals surface area contributed by atoms with Gasteiger partial charge in [-0.25, -0.2) is 4.98 Å². The van der Waals surface area contributed by atoms with Crippen molar-refractivity contribution < 1.29 is 5.11 Å². The topological polar surface area (TPSA) is 48.4 Å². The number of nitrogens with zero attached hydrogens (tertiary/aromatic N) is 2. The maximum atomic E-state index is 9.74. The number of benzene rings is 1. The molecule has 3 rings (SSSR count). The molecule has 1 aromatic carbocycles. The van der Waals surface area contributed by atoms with Gasteiger partial charge in [0.15, 0.2) is 5.13 Å². The Morgan fingerprint density at radius 3 is 2.75 bits per heavy atom. The molecule has 0 unspecified atom stereocenters. The Morgan fingerprint density at radius 1 is 1.33 bits per heavy atom. The van der Waals surface area contributed by atoms with Gasteiger partial charge in [-0.3, -0.25) is 0 Å². The summed E-state index contributed by atoms with van der Waals surface area (Å²) in [5, 5.41) is 16.7. The van der Waals surface area contributed by atoms with Gasteiger partial charge in [0.05, 0.1) is 12.3 Å². The number of piperidine rings is 1. The van der Waals surface area contributed by atoms with E-state index in [1.54, 1.807) is 11.3 Å². The maximum absolute atomic E-state index is 9.74. The molecule has 0 spiro atoms. The van der Waals surface area contributed by atoms with E-state index < -0.39 is 0 Å². The summed E-state index contributed by atoms with van der Waals surface area (Å²) in [5.74, 6) is 0. The van der Waals surface area contributed by atoms with Crippen LogP contribution in [0.3, 0.4) is 0 Å². The standard InChI is InChI=1S/C19H27N3OS/c1-14-4-3-5-16(10-14)11-18(12-23)21-17-6-8-22(9-7-17)19-20-15(2)13-24-19/h3-5,10,13,17-18,21,23H,6-9,11-12H2,1-2H3/t18-/m1/s1. The van der Waals surface area contributed by atoms with Crippen LogP contribution in [0.15, 0.2) is 29.6 Å². The Balaban J connectivity index is 1.50. The number of aliphatic hydroxyl groups excluding tert-OH is 1. The van der Waals surface area contributed by atoms with Crippen LogP contribution in [-0.4, -0.2) is 41.9 Å². The van der Waals surface area contributed by atoms with Gasteiger partial charge in [-0.1, -0.05) is 29.8 Å². The predicted molar refractivity (Wildman–Crippen MR) is 101 cm³/mol. The highest BCUT2D eigenvalue weighted by atomic mass is 32.1. The average molecular weight is 346 g/mol. The summed E-state index contributed by atoms with van der Waals surface area (Å²) < 4.78 is 0. The van der Waals surface area contributed by atoms with Gasteiger partial charge in [-0.15, -0.1) is 11.3 Å². The lowest BCUT2D eigenvalue weighted by Gasteiger charge is -2.34. The van der Waals surface area contributed by atoms with Crippen LogP contribution >= 0.6 is 11.3 Å². The van der Waals surface area contributed by atoms with Crippen molar-refractivity contribution in [2.24, 2.45) is 0 Å². The number of aromatic nitrogens is 1. The molecule has 0 aliphatic carbocycles. The number of rotatable bonds is 6. The fourth-order valence-electron chi connectivity index (χ4n) is 3.36. The van der Waals surface area contributed by atoms with Gasteiger partial charge in [0.2, 0.25) is 0 Å². The highest BCUT2D eigenvalue weighted by molar-refractivity contribution is 7.13. The van der Waals surface area contributed by atoms with E-state index in [2.05, 4.69) is 51.8 Å². The first-order chi connectivity index (χ1) is 11.6. The third-order valence-electron chi connectivity index (χ3n) is 4.63. The van der Waals surface area contributed by atoms with E-state index in [-0.39, 0.29) is 12.6 Å². The lowest BCUT2D eigenvalue weighted by molar-refractivity contribution is 0.222. The van der Waals surface area contributed by atoms with E-state index in [1.165, 1.54) is 11.1 Å². The van der Waals surface area contributed by atoms with E-state index >= 15 is 0 Å². The minimum atomic E-state index is 0.130. The molecule has 0 amide bonds. The average Bonchev–Trinajstić information content (AvgIpc) is 3.01. The SMILES string of the molecule is Cc1cccc(C[C@H](CO)NC2CCN(c3nc(C)cs3)CC2)c1. The quantitative estimate of drug-likeness (QED) is 0.845. The minimum Gasteiger partial charge on any atom is -0.395 e. The van der Waals surface area contributed by atoms with Crippen molar-refractivity contribution in [3.63, 3.8) is 0 Å². The van der Waals surface area contributed by atoms with Crippen molar-refractivity contribution in [3.8, 4) is 0 Å². The number of aryl methyl sites for hydroxylation is 2. The molecule has 5 heteroatoms. The number of thiazole rings is 1. The van der Waals surface area contributed by atoms with Crippen LogP contribution < -0.4 is 10.2 Å². The van der Waals surface area contributed by atoms with Crippen LogP contribution in [0.5, 0.6) is 0 Å². The normalized spacial score (nSPS) is 17.2. The van der Waals surface area contributed by atoms with Gasteiger partial charge in [0, 0.05) is 30.6 Å². The molecule has 24 heavy (non-hydrogen) atoms. The molecule has 2 aromatic rings. The van der Waals surface area contributed by atoms with Crippen molar-refractivity contribution >= 4 is 16.5 Å². The van der Waals surface area contributed by atoms with E-state index in [1.807, 2.05) is 6.92 Å². The first kappa shape index (κ1) is 17.4. The van der Waals surface area contributed by atoms with Crippen molar-refractivity contribution in [2.45, 2.75) is 45.2 Å². The molecule has 0 saturated carbocycles. The fraction of sp³-hybridized carbons (Fsp3) is 0.526. The third-order valence-corrected chi connectivity index (χ3v) is 5.65. The molecule has 1 saturated heterocycles. The summed E-state index contributed by atoms with van der Waals surface area (Å²) in [7, 11) is 0. The Bertz CT molecular complexity index is 650. The second-order valence-corrected chi connectivity index (χ2v) is 7.61. The van der Waals surface area contributed by atoms with E-state index in [4.69, 9.17) is 0 Å². The number of anilines is 1. The molecule has 4 nitrogen and oxygen atoms in total. The van der Waals surface area contributed by atoms with Gasteiger partial charge in [-0.2, -0.15) is 0 Å². The molecule has 2 heterocycles. The molecule has 1 aliphatic heterocycles. The Kier molecular flexibility index (Phi) is 5.87. The molecule has 1 aliphatic rings. The highest BCUT2D eigenvalue weighted by Crippen LogP contribution is 2.24. The van der Waals surface area contributed by atoms with Gasteiger partial charge in [-0.05, 0) is 38.7 Å². The Hall–Kier alpha value is -1.43. The first-order valence-corrected chi connectivity index (χ1v) is 9.61. The molecule has 1 aromatic heterocycles. The summed E-state index contributed by atoms with van der Waals surface area (Å²) in [5.41, 5.74) is 3.67. The predicted octanol–water partition coefficient (Wildman–Crippen LogP) is 2.92. The minimum absolute atomic E-state index is 0.130. The number of nitrogens with one attached hydrogen (secondary N) is 1. The van der Waals surface area contributed by atoms with Gasteiger partial charge >= 0.3 is 0 Å². The van der Waals surface area contributed by atoms with Crippen molar-refractivity contribution in [2.75, 3.05) is 24.6 Å². The summed E-state index contributed by atoms with van der Waals surface area (Å²) in [4.78, 5) is 6.96. The number of aliphatic hydroxyl groups is 1. The van der Waals surface area contributed by atoms with Gasteiger partial charge < -0.3 is 15.3 Å². The molecule has 1 atom stereocenters. The lowest BCUT2D eigenvalue weighted by atomic mass is 10.0. The lowest BCUT2D eigenvalue weighted by Crippen LogP contribution is -2.48. The molecule has 1 fully saturated rings. The summed E-state index contributed by atoms with van der Waals surface area (Å²) >= 11 is 1.73. The molecule has 0 radical (unpaired) electrons. The van der Waals surface area contributed by atoms with Crippen molar-refractivity contribution in [1.29, 1.82) is 0 Å². The van der Waals surface area contributed by atoms with E-state index in [0.29, 0.717) is 6.04 Å². The van der Waals surface area contributed by atoms with Crippen LogP contribution in [0.2, 0.25) is 0 Å². The molecule has 2 N–H and O–H groups in total. The monoisotopic (exact) mass is 345 g/mol. The molecular weight excluding hydrogens is 318 g/mol. The zero-order valence-electron chi connectivity index (χ0n) is 14.5. The zero-order chi connectivity index (χ0) is 16.9. The molecule has 130 valence electrons. The summed E-state index contributed by atoms with van der Waals surface area (Å²) in [6, 6.07) is 9.16. The van der Waals surface area contributed by atoms with Crippen molar-refractivity contribution in [3.05, 3.63) is 46.5 Å². The Labute approximate surface area is 148 Å². The maximum Gasteiger partial charge on any atom is 0.185 e. The van der Waals surface area contributed by atoms with Crippen molar-refractivity contribution in [1.82, 2.24) is 10.3 Å². The number of hydrogen-bond acceptors (Lipinski definition) is 5. The zero-order valence-corrected chi connectivity index (χ0v) is 15.4. The van der Waals surface area contributed by atoms with Crippen LogP contribution in [0.1, 0.15) is 29.7 Å². The van der Waals surface area contributed by atoms with Gasteiger partial charge in [0.1, 0.15) is 0 Å². The van der Waals surface area contributed by atoms with Crippen LogP contribution in [0, 0.1) is 13.8 Å². The highest BCUT2D eigenvalue weighted by Gasteiger charge is 2.23. The fourth-order valence-corrected chi connectivity index (χ4v) is 4.21. The molecular formula is C19H27N3OS. The Morgan fingerprint density at radius 2 is 2.12 bits per heavy atom. The van der Waals surface area contributed by atoms with E-state index in [9.17, 15) is 5.11 Å².